The van der Waals surface area contributed by atoms with Crippen LogP contribution in [0.3, 0.4) is 0 Å². The van der Waals surface area contributed by atoms with Crippen molar-refractivity contribution in [2.75, 3.05) is 18.1 Å². The average molecular weight is 411 g/mol. The summed E-state index contributed by atoms with van der Waals surface area (Å²) in [6.45, 7) is 4.87. The van der Waals surface area contributed by atoms with Crippen molar-refractivity contribution in [3.8, 4) is 0 Å². The van der Waals surface area contributed by atoms with Gasteiger partial charge in [0.2, 0.25) is 0 Å². The molecule has 3 N–H and O–H groups in total. The number of nitrogens with zero attached hydrogens (tertiary/aromatic N) is 1. The molecule has 146 valence electrons. The molecule has 0 aromatic heterocycles. The number of hydrogen-bond donors (Lipinski definition) is 3. The molecule has 0 radical (unpaired) electrons. The van der Waals surface area contributed by atoms with E-state index >= 15 is 0 Å². The van der Waals surface area contributed by atoms with Crippen molar-refractivity contribution in [2.45, 2.75) is 32.8 Å². The molecule has 2 aromatic rings. The molecule has 0 saturated carbocycles. The molecular formula is C20H24Cl2N2O3. The normalized spacial score (nSPS) is 12.0. The van der Waals surface area contributed by atoms with Gasteiger partial charge in [0, 0.05) is 18.1 Å². The highest BCUT2D eigenvalue weighted by Crippen LogP contribution is 2.29. The van der Waals surface area contributed by atoms with E-state index in [1.54, 1.807) is 24.3 Å². The van der Waals surface area contributed by atoms with Crippen LogP contribution in [0.25, 0.3) is 0 Å². The third kappa shape index (κ3) is 6.11. The Hall–Kier alpha value is -1.79. The molecule has 0 aliphatic heterocycles. The number of benzene rings is 2. The Morgan fingerprint density at radius 1 is 1.26 bits per heavy atom. The summed E-state index contributed by atoms with van der Waals surface area (Å²) >= 11 is 12.4. The van der Waals surface area contributed by atoms with Crippen molar-refractivity contribution in [1.82, 2.24) is 5.43 Å². The molecular weight excluding hydrogens is 387 g/mol. The van der Waals surface area contributed by atoms with E-state index in [9.17, 15) is 9.90 Å². The van der Waals surface area contributed by atoms with E-state index in [2.05, 4.69) is 5.43 Å². The molecule has 0 heterocycles. The van der Waals surface area contributed by atoms with Crippen LogP contribution in [0.1, 0.15) is 36.1 Å². The molecule has 2 aromatic carbocycles. The Balaban J connectivity index is 2.17. The maximum absolute atomic E-state index is 11.0. The van der Waals surface area contributed by atoms with Gasteiger partial charge in [-0.3, -0.25) is 4.79 Å². The lowest BCUT2D eigenvalue weighted by molar-refractivity contribution is -0.136. The summed E-state index contributed by atoms with van der Waals surface area (Å²) in [5, 5.41) is 22.4. The number of aryl methyl sites for hydroxylation is 1. The van der Waals surface area contributed by atoms with Gasteiger partial charge in [-0.25, -0.2) is 5.43 Å². The van der Waals surface area contributed by atoms with E-state index < -0.39 is 12.1 Å². The first-order chi connectivity index (χ1) is 12.8. The summed E-state index contributed by atoms with van der Waals surface area (Å²) in [4.78, 5) is 11.0. The number of halogens is 2. The largest absolute Gasteiger partial charge is 0.481 e. The molecule has 0 fully saturated rings. The Morgan fingerprint density at radius 2 is 2.00 bits per heavy atom. The molecule has 0 bridgehead atoms. The zero-order valence-electron chi connectivity index (χ0n) is 15.4. The molecule has 2 rings (SSSR count). The molecule has 5 nitrogen and oxygen atoms in total. The smallest absolute Gasteiger partial charge is 0.307 e. The highest BCUT2D eigenvalue weighted by molar-refractivity contribution is 6.33. The van der Waals surface area contributed by atoms with Crippen LogP contribution < -0.4 is 10.4 Å². The zero-order chi connectivity index (χ0) is 20.0. The molecule has 0 amide bonds. The number of carboxylic acids is 1. The Kier molecular flexibility index (Phi) is 7.92. The molecule has 7 heteroatoms. The topological polar surface area (TPSA) is 72.8 Å². The fourth-order valence-electron chi connectivity index (χ4n) is 2.80. The number of aliphatic carboxylic acids is 1. The Morgan fingerprint density at radius 3 is 2.63 bits per heavy atom. The second kappa shape index (κ2) is 9.95. The first kappa shape index (κ1) is 21.5. The van der Waals surface area contributed by atoms with Crippen molar-refractivity contribution in [2.24, 2.45) is 0 Å². The van der Waals surface area contributed by atoms with Gasteiger partial charge in [-0.1, -0.05) is 42.3 Å². The van der Waals surface area contributed by atoms with Gasteiger partial charge in [-0.15, -0.1) is 0 Å². The standard InChI is InChI=1S/C20H24Cl2N2O3/c1-3-7-24(23-12-19(25)14-5-4-6-16(21)9-14)18-8-13(2)15(10-17(18)22)11-20(26)27/h4-6,8-10,19,23,25H,3,7,11-12H2,1-2H3,(H,26,27)/t19-/m0/s1. The van der Waals surface area contributed by atoms with Gasteiger partial charge in [-0.2, -0.15) is 0 Å². The van der Waals surface area contributed by atoms with Gasteiger partial charge in [0.05, 0.1) is 23.2 Å². The van der Waals surface area contributed by atoms with E-state index in [1.807, 2.05) is 31.0 Å². The molecule has 0 unspecified atom stereocenters. The molecule has 0 aliphatic rings. The number of aliphatic hydroxyl groups is 1. The number of carboxylic acid groups (broad SMARTS) is 1. The second-order valence-electron chi connectivity index (χ2n) is 6.39. The third-order valence-electron chi connectivity index (χ3n) is 4.19. The fraction of sp³-hybridized carbons (Fsp3) is 0.350. The molecule has 0 spiro atoms. The average Bonchev–Trinajstić information content (AvgIpc) is 2.61. The number of nitrogens with one attached hydrogen (secondary N) is 1. The first-order valence-corrected chi connectivity index (χ1v) is 9.52. The minimum atomic E-state index is -0.893. The lowest BCUT2D eigenvalue weighted by Gasteiger charge is -2.28. The van der Waals surface area contributed by atoms with E-state index in [-0.39, 0.29) is 13.0 Å². The Bertz CT molecular complexity index is 799. The van der Waals surface area contributed by atoms with Crippen LogP contribution >= 0.6 is 23.2 Å². The van der Waals surface area contributed by atoms with Gasteiger partial charge in [0.1, 0.15) is 0 Å². The van der Waals surface area contributed by atoms with Gasteiger partial charge in [-0.05, 0) is 54.3 Å². The lowest BCUT2D eigenvalue weighted by Crippen LogP contribution is -2.41. The third-order valence-corrected chi connectivity index (χ3v) is 4.73. The number of rotatable bonds is 9. The minimum absolute atomic E-state index is 0.0689. The van der Waals surface area contributed by atoms with Gasteiger partial charge < -0.3 is 15.2 Å². The number of aliphatic hydroxyl groups excluding tert-OH is 1. The number of carbonyl (C=O) groups is 1. The van der Waals surface area contributed by atoms with Crippen molar-refractivity contribution in [1.29, 1.82) is 0 Å². The predicted molar refractivity (Wildman–Crippen MR) is 110 cm³/mol. The van der Waals surface area contributed by atoms with Crippen LogP contribution in [0, 0.1) is 6.92 Å². The maximum Gasteiger partial charge on any atom is 0.307 e. The monoisotopic (exact) mass is 410 g/mol. The van der Waals surface area contributed by atoms with Gasteiger partial charge >= 0.3 is 5.97 Å². The number of hydrogen-bond acceptors (Lipinski definition) is 4. The molecule has 27 heavy (non-hydrogen) atoms. The van der Waals surface area contributed by atoms with E-state index in [4.69, 9.17) is 28.3 Å². The van der Waals surface area contributed by atoms with Crippen LogP contribution in [0.4, 0.5) is 5.69 Å². The van der Waals surface area contributed by atoms with Crippen LogP contribution in [-0.2, 0) is 11.2 Å². The first-order valence-electron chi connectivity index (χ1n) is 8.77. The summed E-state index contributed by atoms with van der Waals surface area (Å²) in [5.74, 6) is -0.893. The van der Waals surface area contributed by atoms with Gasteiger partial charge in [0.15, 0.2) is 0 Å². The molecule has 0 saturated heterocycles. The molecule has 1 atom stereocenters. The minimum Gasteiger partial charge on any atom is -0.481 e. The van der Waals surface area contributed by atoms with E-state index in [0.717, 1.165) is 23.2 Å². The maximum atomic E-state index is 11.0. The van der Waals surface area contributed by atoms with Crippen molar-refractivity contribution in [3.63, 3.8) is 0 Å². The highest BCUT2D eigenvalue weighted by Gasteiger charge is 2.16. The van der Waals surface area contributed by atoms with Crippen molar-refractivity contribution < 1.29 is 15.0 Å². The van der Waals surface area contributed by atoms with Crippen LogP contribution in [-0.4, -0.2) is 29.3 Å². The van der Waals surface area contributed by atoms with Crippen LogP contribution in [0.5, 0.6) is 0 Å². The van der Waals surface area contributed by atoms with Crippen molar-refractivity contribution in [3.05, 3.63) is 63.1 Å². The van der Waals surface area contributed by atoms with Gasteiger partial charge in [0.25, 0.3) is 0 Å². The van der Waals surface area contributed by atoms with Crippen LogP contribution in [0.15, 0.2) is 36.4 Å². The summed E-state index contributed by atoms with van der Waals surface area (Å²) in [6.07, 6.45) is 0.0711. The second-order valence-corrected chi connectivity index (χ2v) is 7.23. The quantitative estimate of drug-likeness (QED) is 0.534. The van der Waals surface area contributed by atoms with Crippen LogP contribution in [0.2, 0.25) is 10.0 Å². The Labute approximate surface area is 169 Å². The molecule has 0 aliphatic carbocycles. The summed E-state index contributed by atoms with van der Waals surface area (Å²) in [5.41, 5.74) is 6.25. The van der Waals surface area contributed by atoms with E-state index in [0.29, 0.717) is 22.2 Å². The lowest BCUT2D eigenvalue weighted by atomic mass is 10.0. The van der Waals surface area contributed by atoms with Crippen molar-refractivity contribution >= 4 is 34.9 Å². The number of anilines is 1. The fourth-order valence-corrected chi connectivity index (χ4v) is 3.29. The summed E-state index contributed by atoms with van der Waals surface area (Å²) < 4.78 is 0. The SMILES string of the molecule is CCCN(NC[C@H](O)c1cccc(Cl)c1)c1cc(C)c(CC(=O)O)cc1Cl. The predicted octanol–water partition coefficient (Wildman–Crippen LogP) is 4.38. The highest BCUT2D eigenvalue weighted by atomic mass is 35.5. The summed E-state index contributed by atoms with van der Waals surface area (Å²) in [6, 6.07) is 10.7. The van der Waals surface area contributed by atoms with E-state index in [1.165, 1.54) is 0 Å². The zero-order valence-corrected chi connectivity index (χ0v) is 16.9. The summed E-state index contributed by atoms with van der Waals surface area (Å²) in [7, 11) is 0. The number of hydrazine groups is 1.